The number of nitro groups is 1. The fraction of sp³-hybridized carbons (Fsp3) is 0.684. The van der Waals surface area contributed by atoms with E-state index in [1.807, 2.05) is 0 Å². The Morgan fingerprint density at radius 2 is 1.89 bits per heavy atom. The largest absolute Gasteiger partial charge is 0.379 e. The summed E-state index contributed by atoms with van der Waals surface area (Å²) in [5.74, 6) is 0.563. The molecule has 0 amide bonds. The van der Waals surface area contributed by atoms with Crippen molar-refractivity contribution in [3.05, 3.63) is 28.1 Å². The molecule has 0 radical (unpaired) electrons. The number of hydrogen-bond acceptors (Lipinski definition) is 8. The van der Waals surface area contributed by atoms with E-state index in [0.29, 0.717) is 13.1 Å². The van der Waals surface area contributed by atoms with E-state index in [0.717, 1.165) is 58.5 Å². The molecule has 154 valence electrons. The highest BCUT2D eigenvalue weighted by molar-refractivity contribution is 5.69. The van der Waals surface area contributed by atoms with E-state index < -0.39 is 4.92 Å². The van der Waals surface area contributed by atoms with E-state index in [2.05, 4.69) is 31.6 Å². The molecule has 28 heavy (non-hydrogen) atoms. The Bertz CT molecular complexity index is 676. The van der Waals surface area contributed by atoms with Gasteiger partial charge in [0.05, 0.1) is 18.1 Å². The van der Waals surface area contributed by atoms with Crippen LogP contribution in [0, 0.1) is 10.1 Å². The molecule has 1 aliphatic heterocycles. The number of morpholine rings is 1. The average molecular weight is 390 g/mol. The van der Waals surface area contributed by atoms with E-state index in [9.17, 15) is 10.1 Å². The molecule has 0 atom stereocenters. The summed E-state index contributed by atoms with van der Waals surface area (Å²) >= 11 is 0. The number of rotatable bonds is 10. The van der Waals surface area contributed by atoms with Crippen LogP contribution in [-0.4, -0.2) is 65.7 Å². The molecule has 0 spiro atoms. The summed E-state index contributed by atoms with van der Waals surface area (Å²) in [4.78, 5) is 21.7. The smallest absolute Gasteiger partial charge is 0.353 e. The lowest BCUT2D eigenvalue weighted by molar-refractivity contribution is -0.383. The number of allylic oxidation sites excluding steroid dienone is 1. The minimum Gasteiger partial charge on any atom is -0.379 e. The van der Waals surface area contributed by atoms with Crippen LogP contribution in [0.2, 0.25) is 0 Å². The number of nitrogens with one attached hydrogen (secondary N) is 2. The zero-order valence-corrected chi connectivity index (χ0v) is 16.4. The molecule has 0 bridgehead atoms. The molecular weight excluding hydrogens is 360 g/mol. The summed E-state index contributed by atoms with van der Waals surface area (Å²) in [5, 5.41) is 17.8. The van der Waals surface area contributed by atoms with Gasteiger partial charge in [-0.15, -0.1) is 0 Å². The van der Waals surface area contributed by atoms with Crippen LogP contribution in [0.1, 0.15) is 38.5 Å². The normalized spacial score (nSPS) is 17.8. The van der Waals surface area contributed by atoms with Crippen molar-refractivity contribution in [2.75, 3.05) is 56.6 Å². The van der Waals surface area contributed by atoms with E-state index in [4.69, 9.17) is 4.74 Å². The quantitative estimate of drug-likeness (QED) is 0.272. The first kappa shape index (κ1) is 20.5. The summed E-state index contributed by atoms with van der Waals surface area (Å²) in [6.07, 6.45) is 10.2. The molecule has 2 aliphatic rings. The van der Waals surface area contributed by atoms with Crippen molar-refractivity contribution in [3.63, 3.8) is 0 Å². The summed E-state index contributed by atoms with van der Waals surface area (Å²) in [6, 6.07) is 0. The first-order chi connectivity index (χ1) is 13.7. The minimum atomic E-state index is -0.410. The maximum absolute atomic E-state index is 11.6. The molecule has 1 aromatic rings. The van der Waals surface area contributed by atoms with Crippen molar-refractivity contribution < 1.29 is 9.66 Å². The highest BCUT2D eigenvalue weighted by Gasteiger charge is 2.22. The van der Waals surface area contributed by atoms with Gasteiger partial charge in [0, 0.05) is 26.2 Å². The van der Waals surface area contributed by atoms with Gasteiger partial charge in [-0.1, -0.05) is 11.6 Å². The third-order valence-electron chi connectivity index (χ3n) is 5.18. The second-order valence-corrected chi connectivity index (χ2v) is 7.20. The SMILES string of the molecule is O=[N+]([O-])c1c(NCCCN2CCOCC2)ncnc1NCCC1=CCCCC1. The topological polar surface area (TPSA) is 105 Å². The molecule has 3 rings (SSSR count). The van der Waals surface area contributed by atoms with Gasteiger partial charge in [0.25, 0.3) is 0 Å². The number of anilines is 2. The molecule has 1 saturated heterocycles. The van der Waals surface area contributed by atoms with Gasteiger partial charge < -0.3 is 15.4 Å². The Labute approximate surface area is 165 Å². The molecule has 1 fully saturated rings. The summed E-state index contributed by atoms with van der Waals surface area (Å²) in [7, 11) is 0. The van der Waals surface area contributed by atoms with Crippen molar-refractivity contribution in [2.24, 2.45) is 0 Å². The van der Waals surface area contributed by atoms with E-state index in [-0.39, 0.29) is 17.3 Å². The molecular formula is C19H30N6O3. The molecule has 0 unspecified atom stereocenters. The third kappa shape index (κ3) is 6.13. The monoisotopic (exact) mass is 390 g/mol. The van der Waals surface area contributed by atoms with Crippen molar-refractivity contribution in [2.45, 2.75) is 38.5 Å². The molecule has 2 heterocycles. The molecule has 2 N–H and O–H groups in total. The van der Waals surface area contributed by atoms with E-state index in [1.165, 1.54) is 24.7 Å². The van der Waals surface area contributed by atoms with Gasteiger partial charge in [-0.25, -0.2) is 9.97 Å². The molecule has 0 aromatic carbocycles. The van der Waals surface area contributed by atoms with Gasteiger partial charge in [0.2, 0.25) is 11.6 Å². The highest BCUT2D eigenvalue weighted by Crippen LogP contribution is 2.29. The van der Waals surface area contributed by atoms with Gasteiger partial charge in [-0.05, 0) is 45.1 Å². The van der Waals surface area contributed by atoms with Crippen LogP contribution in [0.5, 0.6) is 0 Å². The van der Waals surface area contributed by atoms with E-state index >= 15 is 0 Å². The van der Waals surface area contributed by atoms with E-state index in [1.54, 1.807) is 0 Å². The Balaban J connectivity index is 1.51. The Morgan fingerprint density at radius 3 is 2.57 bits per heavy atom. The van der Waals surface area contributed by atoms with Crippen LogP contribution in [0.15, 0.2) is 18.0 Å². The Morgan fingerprint density at radius 1 is 1.14 bits per heavy atom. The first-order valence-electron chi connectivity index (χ1n) is 10.2. The maximum atomic E-state index is 11.6. The van der Waals surface area contributed by atoms with Crippen LogP contribution >= 0.6 is 0 Å². The molecule has 1 aliphatic carbocycles. The minimum absolute atomic E-state index is 0.0773. The lowest BCUT2D eigenvalue weighted by Crippen LogP contribution is -2.37. The van der Waals surface area contributed by atoms with Crippen LogP contribution in [0.3, 0.4) is 0 Å². The number of aromatic nitrogens is 2. The van der Waals surface area contributed by atoms with Gasteiger partial charge in [0.1, 0.15) is 6.33 Å². The van der Waals surface area contributed by atoms with Gasteiger partial charge in [0.15, 0.2) is 0 Å². The molecule has 1 aromatic heterocycles. The maximum Gasteiger partial charge on any atom is 0.353 e. The lowest BCUT2D eigenvalue weighted by atomic mass is 9.97. The number of hydrogen-bond donors (Lipinski definition) is 2. The fourth-order valence-corrected chi connectivity index (χ4v) is 3.62. The Kier molecular flexibility index (Phi) is 7.98. The molecule has 9 nitrogen and oxygen atoms in total. The standard InChI is InChI=1S/C19H30N6O3/c26-25(27)17-18(20-8-4-10-24-11-13-28-14-12-24)22-15-23-19(17)21-9-7-16-5-2-1-3-6-16/h5,15H,1-4,6-14H2,(H2,20,21,22,23). The third-order valence-corrected chi connectivity index (χ3v) is 5.18. The zero-order valence-electron chi connectivity index (χ0n) is 16.4. The second kappa shape index (κ2) is 10.9. The number of nitrogens with zero attached hydrogens (tertiary/aromatic N) is 4. The summed E-state index contributed by atoms with van der Waals surface area (Å²) < 4.78 is 5.34. The fourth-order valence-electron chi connectivity index (χ4n) is 3.62. The zero-order chi connectivity index (χ0) is 19.6. The summed E-state index contributed by atoms with van der Waals surface area (Å²) in [6.45, 7) is 5.64. The Hall–Kier alpha value is -2.26. The average Bonchev–Trinajstić information content (AvgIpc) is 2.72. The summed E-state index contributed by atoms with van der Waals surface area (Å²) in [5.41, 5.74) is 1.35. The van der Waals surface area contributed by atoms with Crippen molar-refractivity contribution >= 4 is 17.3 Å². The molecule has 9 heteroatoms. The van der Waals surface area contributed by atoms with Crippen LogP contribution in [0.25, 0.3) is 0 Å². The van der Waals surface area contributed by atoms with Gasteiger partial charge in [-0.2, -0.15) is 0 Å². The van der Waals surface area contributed by atoms with Crippen LogP contribution in [0.4, 0.5) is 17.3 Å². The first-order valence-corrected chi connectivity index (χ1v) is 10.2. The van der Waals surface area contributed by atoms with Crippen LogP contribution < -0.4 is 10.6 Å². The van der Waals surface area contributed by atoms with Crippen LogP contribution in [-0.2, 0) is 4.74 Å². The second-order valence-electron chi connectivity index (χ2n) is 7.20. The van der Waals surface area contributed by atoms with Crippen molar-refractivity contribution in [1.29, 1.82) is 0 Å². The predicted molar refractivity (Wildman–Crippen MR) is 109 cm³/mol. The van der Waals surface area contributed by atoms with Gasteiger partial charge in [-0.3, -0.25) is 15.0 Å². The van der Waals surface area contributed by atoms with Gasteiger partial charge >= 0.3 is 5.69 Å². The van der Waals surface area contributed by atoms with Crippen molar-refractivity contribution in [1.82, 2.24) is 14.9 Å². The highest BCUT2D eigenvalue weighted by atomic mass is 16.6. The predicted octanol–water partition coefficient (Wildman–Crippen LogP) is 2.82. The molecule has 0 saturated carbocycles. The lowest BCUT2D eigenvalue weighted by Gasteiger charge is -2.26. The number of ether oxygens (including phenoxy) is 1. The van der Waals surface area contributed by atoms with Crippen molar-refractivity contribution in [3.8, 4) is 0 Å².